The third kappa shape index (κ3) is 3.12. The predicted molar refractivity (Wildman–Crippen MR) is 100 cm³/mol. The Hall–Kier alpha value is -1.69. The molecule has 0 radical (unpaired) electrons. The van der Waals surface area contributed by atoms with Gasteiger partial charge in [0.25, 0.3) is 0 Å². The molecule has 0 saturated carbocycles. The van der Waals surface area contributed by atoms with E-state index >= 15 is 0 Å². The summed E-state index contributed by atoms with van der Waals surface area (Å²) >= 11 is 3.47. The summed E-state index contributed by atoms with van der Waals surface area (Å²) in [7, 11) is 0. The highest BCUT2D eigenvalue weighted by Gasteiger charge is 2.53. The van der Waals surface area contributed by atoms with Gasteiger partial charge in [-0.1, -0.05) is 58.4 Å². The summed E-state index contributed by atoms with van der Waals surface area (Å²) in [6.07, 6.45) is 0. The summed E-state index contributed by atoms with van der Waals surface area (Å²) in [6, 6.07) is 18.5. The van der Waals surface area contributed by atoms with Gasteiger partial charge in [-0.05, 0) is 23.3 Å². The smallest absolute Gasteiger partial charge is 0.237 e. The molecule has 2 aromatic carbocycles. The number of piperazine rings is 1. The molecule has 2 aliphatic rings. The largest absolute Gasteiger partial charge is 0.394 e. The van der Waals surface area contributed by atoms with Crippen molar-refractivity contribution in [1.82, 2.24) is 9.80 Å². The Morgan fingerprint density at radius 3 is 2.48 bits per heavy atom. The van der Waals surface area contributed by atoms with Crippen molar-refractivity contribution in [3.8, 4) is 0 Å². The number of hydrogen-bond acceptors (Lipinski definition) is 3. The van der Waals surface area contributed by atoms with Gasteiger partial charge in [0.15, 0.2) is 0 Å². The fraction of sp³-hybridized carbons (Fsp3) is 0.350. The first-order chi connectivity index (χ1) is 12.2. The highest BCUT2D eigenvalue weighted by Crippen LogP contribution is 2.43. The minimum Gasteiger partial charge on any atom is -0.394 e. The molecule has 2 heterocycles. The van der Waals surface area contributed by atoms with Gasteiger partial charge in [0.05, 0.1) is 25.2 Å². The summed E-state index contributed by atoms with van der Waals surface area (Å²) in [5.41, 5.74) is 2.42. The normalized spacial score (nSPS) is 26.2. The van der Waals surface area contributed by atoms with Crippen molar-refractivity contribution in [3.05, 3.63) is 70.2 Å². The van der Waals surface area contributed by atoms with E-state index in [0.717, 1.165) is 17.6 Å². The Kier molecular flexibility index (Phi) is 4.63. The van der Waals surface area contributed by atoms with E-state index in [1.807, 2.05) is 35.2 Å². The monoisotopic (exact) mass is 400 g/mol. The van der Waals surface area contributed by atoms with Crippen LogP contribution >= 0.6 is 15.9 Å². The van der Waals surface area contributed by atoms with E-state index in [2.05, 4.69) is 45.1 Å². The fourth-order valence-electron chi connectivity index (χ4n) is 4.21. The number of nitrogens with zero attached hydrogens (tertiary/aromatic N) is 2. The van der Waals surface area contributed by atoms with Crippen LogP contribution in [0.5, 0.6) is 0 Å². The molecule has 2 fully saturated rings. The molecular formula is C20H21BrN2O2. The van der Waals surface area contributed by atoms with Gasteiger partial charge in [-0.2, -0.15) is 0 Å². The molecule has 1 N–H and O–H groups in total. The van der Waals surface area contributed by atoms with E-state index < -0.39 is 0 Å². The SMILES string of the molecule is O=C1CN(Cc2ccccc2)C[C@@H]2[C@H](c3ccc(Br)cc3)[C@@H](CO)N12. The number of amides is 1. The minimum absolute atomic E-state index is 0.0155. The fourth-order valence-corrected chi connectivity index (χ4v) is 4.48. The third-order valence-electron chi connectivity index (χ3n) is 5.33. The lowest BCUT2D eigenvalue weighted by atomic mass is 9.74. The predicted octanol–water partition coefficient (Wildman–Crippen LogP) is 2.62. The van der Waals surface area contributed by atoms with Crippen molar-refractivity contribution in [2.45, 2.75) is 24.5 Å². The summed E-state index contributed by atoms with van der Waals surface area (Å²) in [5, 5.41) is 9.81. The van der Waals surface area contributed by atoms with E-state index in [4.69, 9.17) is 0 Å². The highest BCUT2D eigenvalue weighted by atomic mass is 79.9. The second kappa shape index (κ2) is 6.90. The van der Waals surface area contributed by atoms with Crippen LogP contribution in [0.3, 0.4) is 0 Å². The highest BCUT2D eigenvalue weighted by molar-refractivity contribution is 9.10. The zero-order valence-corrected chi connectivity index (χ0v) is 15.5. The molecule has 5 heteroatoms. The van der Waals surface area contributed by atoms with Gasteiger partial charge < -0.3 is 10.0 Å². The molecule has 25 heavy (non-hydrogen) atoms. The molecule has 0 bridgehead atoms. The Morgan fingerprint density at radius 1 is 1.08 bits per heavy atom. The maximum absolute atomic E-state index is 12.6. The molecule has 3 atom stereocenters. The summed E-state index contributed by atoms with van der Waals surface area (Å²) < 4.78 is 1.04. The maximum Gasteiger partial charge on any atom is 0.237 e. The molecule has 130 valence electrons. The number of rotatable bonds is 4. The first kappa shape index (κ1) is 16.8. The minimum atomic E-state index is -0.0995. The van der Waals surface area contributed by atoms with Gasteiger partial charge >= 0.3 is 0 Å². The first-order valence-electron chi connectivity index (χ1n) is 8.61. The molecular weight excluding hydrogens is 380 g/mol. The van der Waals surface area contributed by atoms with Crippen molar-refractivity contribution in [2.75, 3.05) is 19.7 Å². The summed E-state index contributed by atoms with van der Waals surface area (Å²) in [5.74, 6) is 0.320. The lowest BCUT2D eigenvalue weighted by Crippen LogP contribution is -2.72. The number of fused-ring (bicyclic) bond motifs is 1. The molecule has 0 spiro atoms. The first-order valence-corrected chi connectivity index (χ1v) is 9.40. The van der Waals surface area contributed by atoms with Crippen molar-refractivity contribution in [1.29, 1.82) is 0 Å². The number of hydrogen-bond donors (Lipinski definition) is 1. The standard InChI is InChI=1S/C20H21BrN2O2/c21-16-8-6-15(7-9-16)20-17-11-22(10-14-4-2-1-3-5-14)12-19(25)23(17)18(20)13-24/h1-9,17-18,20,24H,10-13H2/t17-,18-,20+/m1/s1. The Balaban J connectivity index is 1.54. The lowest BCUT2D eigenvalue weighted by molar-refractivity contribution is -0.162. The molecule has 4 rings (SSSR count). The van der Waals surface area contributed by atoms with E-state index in [0.29, 0.717) is 6.54 Å². The van der Waals surface area contributed by atoms with Gasteiger partial charge in [-0.15, -0.1) is 0 Å². The number of carbonyl (C=O) groups is 1. The van der Waals surface area contributed by atoms with Crippen LogP contribution in [0.25, 0.3) is 0 Å². The van der Waals surface area contributed by atoms with Gasteiger partial charge in [0.1, 0.15) is 0 Å². The van der Waals surface area contributed by atoms with Crippen molar-refractivity contribution >= 4 is 21.8 Å². The van der Waals surface area contributed by atoms with Crippen LogP contribution in [-0.2, 0) is 11.3 Å². The van der Waals surface area contributed by atoms with Crippen LogP contribution in [0.2, 0.25) is 0 Å². The van der Waals surface area contributed by atoms with Crippen LogP contribution in [0.15, 0.2) is 59.1 Å². The van der Waals surface area contributed by atoms with Crippen LogP contribution in [0.4, 0.5) is 0 Å². The topological polar surface area (TPSA) is 43.8 Å². The number of benzene rings is 2. The van der Waals surface area contributed by atoms with Crippen LogP contribution in [0.1, 0.15) is 17.0 Å². The van der Waals surface area contributed by atoms with Crippen LogP contribution in [0, 0.1) is 0 Å². The molecule has 2 aromatic rings. The van der Waals surface area contributed by atoms with Gasteiger partial charge in [-0.3, -0.25) is 9.69 Å². The number of halogens is 1. The molecule has 1 amide bonds. The van der Waals surface area contributed by atoms with Crippen molar-refractivity contribution in [3.63, 3.8) is 0 Å². The third-order valence-corrected chi connectivity index (χ3v) is 5.86. The van der Waals surface area contributed by atoms with Crippen LogP contribution < -0.4 is 0 Å². The van der Waals surface area contributed by atoms with E-state index in [1.165, 1.54) is 11.1 Å². The van der Waals surface area contributed by atoms with Crippen molar-refractivity contribution in [2.24, 2.45) is 0 Å². The molecule has 0 aliphatic carbocycles. The van der Waals surface area contributed by atoms with E-state index in [1.54, 1.807) is 0 Å². The molecule has 0 aromatic heterocycles. The Morgan fingerprint density at radius 2 is 1.80 bits per heavy atom. The summed E-state index contributed by atoms with van der Waals surface area (Å²) in [6.45, 7) is 2.07. The van der Waals surface area contributed by atoms with Crippen LogP contribution in [-0.4, -0.2) is 52.6 Å². The van der Waals surface area contributed by atoms with Gasteiger partial charge in [0.2, 0.25) is 5.91 Å². The Labute approximate surface area is 156 Å². The van der Waals surface area contributed by atoms with Gasteiger partial charge in [-0.25, -0.2) is 0 Å². The zero-order valence-electron chi connectivity index (χ0n) is 13.9. The second-order valence-corrected chi connectivity index (χ2v) is 7.77. The number of aliphatic hydroxyl groups excluding tert-OH is 1. The van der Waals surface area contributed by atoms with Crippen molar-refractivity contribution < 1.29 is 9.90 Å². The van der Waals surface area contributed by atoms with E-state index in [-0.39, 0.29) is 30.5 Å². The number of aliphatic hydroxyl groups is 1. The summed E-state index contributed by atoms with van der Waals surface area (Å²) in [4.78, 5) is 16.7. The average molecular weight is 401 g/mol. The van der Waals surface area contributed by atoms with Gasteiger partial charge in [0, 0.05) is 23.5 Å². The Bertz CT molecular complexity index is 750. The quantitative estimate of drug-likeness (QED) is 0.857. The second-order valence-electron chi connectivity index (χ2n) is 6.85. The maximum atomic E-state index is 12.6. The molecule has 4 nitrogen and oxygen atoms in total. The number of carbonyl (C=O) groups excluding carboxylic acids is 1. The zero-order chi connectivity index (χ0) is 17.4. The molecule has 2 saturated heterocycles. The van der Waals surface area contributed by atoms with E-state index in [9.17, 15) is 9.90 Å². The average Bonchev–Trinajstić information content (AvgIpc) is 2.60. The molecule has 2 aliphatic heterocycles. The molecule has 0 unspecified atom stereocenters. The lowest BCUT2D eigenvalue weighted by Gasteiger charge is -2.59.